The lowest BCUT2D eigenvalue weighted by Crippen LogP contribution is -2.68. The average Bonchev–Trinajstić information content (AvgIpc) is 3.50. The molecule has 0 amide bonds. The Morgan fingerprint density at radius 2 is 0.976 bits per heavy atom. The van der Waals surface area contributed by atoms with Crippen molar-refractivity contribution < 1.29 is 9.47 Å². The lowest BCUT2D eigenvalue weighted by atomic mass is 9.44. The molecular weight excluding hydrogens is 538 g/mol. The maximum absolute atomic E-state index is 6.75. The van der Waals surface area contributed by atoms with E-state index in [4.69, 9.17) is 9.47 Å². The van der Waals surface area contributed by atoms with Gasteiger partial charge in [0.1, 0.15) is 0 Å². The molecule has 1 spiro atoms. The van der Waals surface area contributed by atoms with Gasteiger partial charge in [0.25, 0.3) is 0 Å². The highest BCUT2D eigenvalue weighted by molar-refractivity contribution is 7.73. The monoisotopic (exact) mass is 578 g/mol. The van der Waals surface area contributed by atoms with Crippen LogP contribution < -0.4 is 21.2 Å². The second-order valence-corrected chi connectivity index (χ2v) is 16.8. The second kappa shape index (κ2) is 11.4. The van der Waals surface area contributed by atoms with E-state index in [-0.39, 0.29) is 10.8 Å². The van der Waals surface area contributed by atoms with Gasteiger partial charge in [0, 0.05) is 11.8 Å². The van der Waals surface area contributed by atoms with Crippen LogP contribution in [0.5, 0.6) is 0 Å². The van der Waals surface area contributed by atoms with Crippen LogP contribution in [0.15, 0.2) is 121 Å². The Balaban J connectivity index is 1.29. The van der Waals surface area contributed by atoms with E-state index in [1.54, 1.807) is 0 Å². The molecule has 4 aromatic rings. The van der Waals surface area contributed by atoms with Gasteiger partial charge in [-0.1, -0.05) is 128 Å². The first kappa shape index (κ1) is 27.5. The highest BCUT2D eigenvalue weighted by atomic mass is 31.1. The molecule has 210 valence electrons. The van der Waals surface area contributed by atoms with Gasteiger partial charge in [-0.05, 0) is 80.0 Å². The minimum Gasteiger partial charge on any atom is -0.347 e. The maximum atomic E-state index is 6.75. The number of rotatable bonds is 8. The normalized spacial score (nSPS) is 26.7. The second-order valence-electron chi connectivity index (χ2n) is 12.4. The van der Waals surface area contributed by atoms with Crippen molar-refractivity contribution in [2.75, 3.05) is 25.5 Å². The highest BCUT2D eigenvalue weighted by Gasteiger charge is 2.70. The molecule has 4 aromatic carbocycles. The Hall–Kier alpha value is -2.34. The first-order chi connectivity index (χ1) is 20.1. The van der Waals surface area contributed by atoms with Gasteiger partial charge in [0.05, 0.1) is 13.2 Å². The van der Waals surface area contributed by atoms with E-state index >= 15 is 0 Å². The fourth-order valence-electron chi connectivity index (χ4n) is 8.11. The summed E-state index contributed by atoms with van der Waals surface area (Å²) < 4.78 is 13.5. The van der Waals surface area contributed by atoms with Crippen molar-refractivity contribution in [3.05, 3.63) is 121 Å². The zero-order chi connectivity index (χ0) is 27.8. The Bertz CT molecular complexity index is 1350. The van der Waals surface area contributed by atoms with E-state index in [0.717, 1.165) is 32.2 Å². The maximum Gasteiger partial charge on any atom is 0.174 e. The van der Waals surface area contributed by atoms with Crippen LogP contribution in [0.2, 0.25) is 0 Å². The highest BCUT2D eigenvalue weighted by Crippen LogP contribution is 2.72. The quantitative estimate of drug-likeness (QED) is 0.206. The zero-order valence-electron chi connectivity index (χ0n) is 24.0. The van der Waals surface area contributed by atoms with Crippen LogP contribution in [0.3, 0.4) is 0 Å². The summed E-state index contributed by atoms with van der Waals surface area (Å²) in [6, 6.07) is 45.1. The fraction of sp³-hybridized carbons (Fsp3) is 0.351. The molecule has 7 rings (SSSR count). The van der Waals surface area contributed by atoms with Crippen molar-refractivity contribution in [1.82, 2.24) is 0 Å². The van der Waals surface area contributed by atoms with Gasteiger partial charge in [-0.15, -0.1) is 0 Å². The van der Waals surface area contributed by atoms with E-state index in [0.29, 0.717) is 5.92 Å². The minimum absolute atomic E-state index is 0.0300. The summed E-state index contributed by atoms with van der Waals surface area (Å²) >= 11 is 0. The first-order valence-corrected chi connectivity index (χ1v) is 18.2. The minimum atomic E-state index is -0.544. The zero-order valence-corrected chi connectivity index (χ0v) is 25.8. The fourth-order valence-corrected chi connectivity index (χ4v) is 13.8. The molecule has 0 aromatic heterocycles. The molecule has 0 N–H and O–H groups in total. The molecule has 3 aliphatic rings. The Morgan fingerprint density at radius 1 is 0.561 bits per heavy atom. The molecular formula is C37H40O2P2. The van der Waals surface area contributed by atoms with Crippen LogP contribution in [0.25, 0.3) is 0 Å². The van der Waals surface area contributed by atoms with Gasteiger partial charge in [0.15, 0.2) is 5.79 Å². The van der Waals surface area contributed by atoms with Gasteiger partial charge in [-0.25, -0.2) is 0 Å². The van der Waals surface area contributed by atoms with Crippen molar-refractivity contribution in [3.8, 4) is 0 Å². The summed E-state index contributed by atoms with van der Waals surface area (Å²) in [5.41, 5.74) is 0.257. The predicted molar refractivity (Wildman–Crippen MR) is 175 cm³/mol. The third-order valence-corrected chi connectivity index (χ3v) is 15.8. The van der Waals surface area contributed by atoms with Crippen LogP contribution >= 0.6 is 15.8 Å². The molecule has 2 nitrogen and oxygen atoms in total. The van der Waals surface area contributed by atoms with Crippen molar-refractivity contribution in [1.29, 1.82) is 0 Å². The third kappa shape index (κ3) is 4.92. The lowest BCUT2D eigenvalue weighted by Gasteiger charge is -2.68. The Kier molecular flexibility index (Phi) is 7.64. The van der Waals surface area contributed by atoms with Crippen molar-refractivity contribution in [2.45, 2.75) is 38.4 Å². The standard InChI is InChI=1S/C37H40O2P2/c1-35(28-40(30-14-6-2-7-15-30)31-16-8-3-9-17-31)24-25-37(38-26-27-39-37)36(23-22-34(35)36)29-41(32-18-10-4-11-19-32)33-20-12-5-13-21-33/h2-21,34H,22-29H2,1H3. The molecule has 3 unspecified atom stereocenters. The van der Waals surface area contributed by atoms with E-state index < -0.39 is 21.6 Å². The summed E-state index contributed by atoms with van der Waals surface area (Å²) in [4.78, 5) is 0. The largest absolute Gasteiger partial charge is 0.347 e. The molecule has 0 radical (unpaired) electrons. The van der Waals surface area contributed by atoms with Crippen molar-refractivity contribution in [3.63, 3.8) is 0 Å². The van der Waals surface area contributed by atoms with Crippen molar-refractivity contribution >= 4 is 37.1 Å². The molecule has 3 atom stereocenters. The van der Waals surface area contributed by atoms with Gasteiger partial charge in [-0.3, -0.25) is 0 Å². The van der Waals surface area contributed by atoms with Crippen LogP contribution in [0, 0.1) is 16.7 Å². The van der Waals surface area contributed by atoms with Gasteiger partial charge in [-0.2, -0.15) is 0 Å². The topological polar surface area (TPSA) is 18.5 Å². The summed E-state index contributed by atoms with van der Waals surface area (Å²) in [6.07, 6.45) is 6.97. The number of fused-ring (bicyclic) bond motifs is 2. The lowest BCUT2D eigenvalue weighted by molar-refractivity contribution is -0.315. The van der Waals surface area contributed by atoms with Crippen LogP contribution in [0.1, 0.15) is 32.6 Å². The third-order valence-electron chi connectivity index (χ3n) is 10.2. The van der Waals surface area contributed by atoms with Crippen LogP contribution in [-0.2, 0) is 9.47 Å². The van der Waals surface area contributed by atoms with E-state index in [1.807, 2.05) is 0 Å². The molecule has 1 saturated heterocycles. The molecule has 1 heterocycles. The molecule has 41 heavy (non-hydrogen) atoms. The molecule has 1 aliphatic heterocycles. The van der Waals surface area contributed by atoms with Gasteiger partial charge in [0.2, 0.25) is 0 Å². The number of hydrogen-bond donors (Lipinski definition) is 0. The molecule has 3 fully saturated rings. The van der Waals surface area contributed by atoms with E-state index in [9.17, 15) is 0 Å². The van der Waals surface area contributed by atoms with Gasteiger partial charge < -0.3 is 9.47 Å². The number of hydrogen-bond acceptors (Lipinski definition) is 2. The summed E-state index contributed by atoms with van der Waals surface area (Å²) in [5, 5.41) is 5.91. The average molecular weight is 579 g/mol. The number of ether oxygens (including phenoxy) is 2. The van der Waals surface area contributed by atoms with E-state index in [2.05, 4.69) is 128 Å². The van der Waals surface area contributed by atoms with E-state index in [1.165, 1.54) is 40.2 Å². The molecule has 4 heteroatoms. The molecule has 0 bridgehead atoms. The predicted octanol–water partition coefficient (Wildman–Crippen LogP) is 7.19. The molecule has 2 saturated carbocycles. The Labute approximate surface area is 248 Å². The smallest absolute Gasteiger partial charge is 0.174 e. The molecule has 2 aliphatic carbocycles. The van der Waals surface area contributed by atoms with Crippen molar-refractivity contribution in [2.24, 2.45) is 16.7 Å². The number of benzene rings is 4. The SMILES string of the molecule is CC1(CP(c2ccccc2)c2ccccc2)CCC2(OCCO2)C2(CP(c3ccccc3)c3ccccc3)CCC12. The van der Waals surface area contributed by atoms with Crippen LogP contribution in [0.4, 0.5) is 0 Å². The Morgan fingerprint density at radius 3 is 1.37 bits per heavy atom. The summed E-state index contributed by atoms with van der Waals surface area (Å²) in [7, 11) is -1.01. The first-order valence-electron chi connectivity index (χ1n) is 15.2. The summed E-state index contributed by atoms with van der Waals surface area (Å²) in [6.45, 7) is 4.06. The van der Waals surface area contributed by atoms with Gasteiger partial charge >= 0.3 is 0 Å². The van der Waals surface area contributed by atoms with Crippen LogP contribution in [-0.4, -0.2) is 31.3 Å². The summed E-state index contributed by atoms with van der Waals surface area (Å²) in [5.74, 6) is 0.138.